The molecule has 0 amide bonds. The molecular formula is C11H10ClNO2. The first-order chi connectivity index (χ1) is 7.35. The van der Waals surface area contributed by atoms with Crippen molar-refractivity contribution in [2.45, 2.75) is 0 Å². The molecule has 0 fully saturated rings. The van der Waals surface area contributed by atoms with Crippen LogP contribution in [-0.2, 0) is 4.84 Å². The molecule has 0 radical (unpaired) electrons. The number of rotatable bonds is 3. The van der Waals surface area contributed by atoms with Gasteiger partial charge in [-0.05, 0) is 12.1 Å². The molecular weight excluding hydrogens is 214 g/mol. The van der Waals surface area contributed by atoms with Gasteiger partial charge in [-0.2, -0.15) is 0 Å². The van der Waals surface area contributed by atoms with Crippen molar-refractivity contribution in [1.29, 1.82) is 0 Å². The third kappa shape index (κ3) is 1.97. The molecule has 3 nitrogen and oxygen atoms in total. The number of hydrogen-bond donors (Lipinski definition) is 0. The van der Waals surface area contributed by atoms with Crippen LogP contribution in [-0.4, -0.2) is 18.7 Å². The van der Waals surface area contributed by atoms with Crippen molar-refractivity contribution in [3.05, 3.63) is 36.1 Å². The second kappa shape index (κ2) is 4.36. The molecule has 0 unspecified atom stereocenters. The summed E-state index contributed by atoms with van der Waals surface area (Å²) in [6, 6.07) is 9.65. The number of para-hydroxylation sites is 1. The molecule has 0 atom stereocenters. The van der Waals surface area contributed by atoms with Gasteiger partial charge in [0, 0.05) is 5.39 Å². The Morgan fingerprint density at radius 3 is 2.93 bits per heavy atom. The van der Waals surface area contributed by atoms with Gasteiger partial charge in [-0.3, -0.25) is 0 Å². The Kier molecular flexibility index (Phi) is 2.92. The van der Waals surface area contributed by atoms with E-state index in [9.17, 15) is 0 Å². The first kappa shape index (κ1) is 10.1. The molecule has 78 valence electrons. The highest BCUT2D eigenvalue weighted by Crippen LogP contribution is 2.19. The van der Waals surface area contributed by atoms with Gasteiger partial charge in [0.05, 0.1) is 5.88 Å². The monoisotopic (exact) mass is 223 g/mol. The molecule has 0 aliphatic carbocycles. The number of hydrogen-bond acceptors (Lipinski definition) is 3. The van der Waals surface area contributed by atoms with Crippen molar-refractivity contribution >= 4 is 28.3 Å². The lowest BCUT2D eigenvalue weighted by atomic mass is 10.2. The zero-order valence-electron chi connectivity index (χ0n) is 8.24. The van der Waals surface area contributed by atoms with Gasteiger partial charge in [0.15, 0.2) is 5.76 Å². The maximum atomic E-state index is 5.74. The first-order valence-electron chi connectivity index (χ1n) is 4.50. The van der Waals surface area contributed by atoms with E-state index in [1.165, 1.54) is 7.11 Å². The summed E-state index contributed by atoms with van der Waals surface area (Å²) < 4.78 is 5.58. The number of alkyl halides is 1. The summed E-state index contributed by atoms with van der Waals surface area (Å²) in [6.45, 7) is 0. The zero-order chi connectivity index (χ0) is 10.7. The molecule has 0 saturated heterocycles. The summed E-state index contributed by atoms with van der Waals surface area (Å²) in [7, 11) is 1.48. The van der Waals surface area contributed by atoms with Gasteiger partial charge in [-0.15, -0.1) is 11.6 Å². The summed E-state index contributed by atoms with van der Waals surface area (Å²) >= 11 is 5.74. The average Bonchev–Trinajstić information content (AvgIpc) is 2.69. The Bertz CT molecular complexity index is 457. The van der Waals surface area contributed by atoms with Gasteiger partial charge < -0.3 is 9.25 Å². The number of nitrogens with zero attached hydrogens (tertiary/aromatic N) is 1. The summed E-state index contributed by atoms with van der Waals surface area (Å²) in [5.74, 6) is 0.904. The van der Waals surface area contributed by atoms with Crippen LogP contribution in [0.15, 0.2) is 39.9 Å². The minimum absolute atomic E-state index is 0.258. The molecule has 15 heavy (non-hydrogen) atoms. The van der Waals surface area contributed by atoms with E-state index in [0.717, 1.165) is 11.0 Å². The summed E-state index contributed by atoms with van der Waals surface area (Å²) in [5.41, 5.74) is 1.41. The van der Waals surface area contributed by atoms with E-state index in [1.807, 2.05) is 30.3 Å². The van der Waals surface area contributed by atoms with E-state index in [0.29, 0.717) is 11.5 Å². The van der Waals surface area contributed by atoms with Crippen LogP contribution in [0.3, 0.4) is 0 Å². The predicted molar refractivity (Wildman–Crippen MR) is 60.5 cm³/mol. The summed E-state index contributed by atoms with van der Waals surface area (Å²) in [4.78, 5) is 4.69. The number of oxime groups is 1. The molecule has 2 rings (SSSR count). The van der Waals surface area contributed by atoms with E-state index in [-0.39, 0.29) is 5.88 Å². The van der Waals surface area contributed by atoms with Gasteiger partial charge in [0.25, 0.3) is 0 Å². The molecule has 1 aromatic carbocycles. The Morgan fingerprint density at radius 1 is 1.47 bits per heavy atom. The fourth-order valence-electron chi connectivity index (χ4n) is 1.37. The second-order valence-corrected chi connectivity index (χ2v) is 3.27. The normalized spacial score (nSPS) is 12.0. The Hall–Kier alpha value is -1.48. The second-order valence-electron chi connectivity index (χ2n) is 3.00. The molecule has 1 heterocycles. The number of furan rings is 1. The number of halogens is 1. The average molecular weight is 224 g/mol. The highest BCUT2D eigenvalue weighted by Gasteiger charge is 2.09. The van der Waals surface area contributed by atoms with Crippen molar-refractivity contribution in [2.24, 2.45) is 5.16 Å². The molecule has 1 aromatic heterocycles. The van der Waals surface area contributed by atoms with Crippen molar-refractivity contribution in [3.63, 3.8) is 0 Å². The third-order valence-corrected chi connectivity index (χ3v) is 2.29. The van der Waals surface area contributed by atoms with E-state index < -0.39 is 0 Å². The van der Waals surface area contributed by atoms with Gasteiger partial charge in [-0.25, -0.2) is 0 Å². The van der Waals surface area contributed by atoms with Crippen molar-refractivity contribution < 1.29 is 9.25 Å². The smallest absolute Gasteiger partial charge is 0.154 e. The zero-order valence-corrected chi connectivity index (χ0v) is 8.99. The maximum absolute atomic E-state index is 5.74. The molecule has 0 aliphatic heterocycles. The minimum atomic E-state index is 0.258. The Balaban J connectivity index is 2.48. The highest BCUT2D eigenvalue weighted by atomic mass is 35.5. The summed E-state index contributed by atoms with van der Waals surface area (Å²) in [6.07, 6.45) is 0. The van der Waals surface area contributed by atoms with E-state index in [2.05, 4.69) is 9.99 Å². The van der Waals surface area contributed by atoms with Gasteiger partial charge >= 0.3 is 0 Å². The van der Waals surface area contributed by atoms with Gasteiger partial charge in [-0.1, -0.05) is 23.4 Å². The van der Waals surface area contributed by atoms with E-state index in [4.69, 9.17) is 16.0 Å². The van der Waals surface area contributed by atoms with E-state index >= 15 is 0 Å². The SMILES string of the molecule is CO/N=C(\CCl)c1cc2ccccc2o1. The van der Waals surface area contributed by atoms with Crippen molar-refractivity contribution in [2.75, 3.05) is 13.0 Å². The lowest BCUT2D eigenvalue weighted by Gasteiger charge is -1.95. The molecule has 0 aliphatic rings. The van der Waals surface area contributed by atoms with Crippen LogP contribution in [0.1, 0.15) is 5.76 Å². The quantitative estimate of drug-likeness (QED) is 0.456. The van der Waals surface area contributed by atoms with Crippen molar-refractivity contribution in [3.8, 4) is 0 Å². The van der Waals surface area contributed by atoms with Gasteiger partial charge in [0.1, 0.15) is 18.4 Å². The first-order valence-corrected chi connectivity index (χ1v) is 5.03. The molecule has 0 N–H and O–H groups in total. The van der Waals surface area contributed by atoms with Crippen LogP contribution in [0.25, 0.3) is 11.0 Å². The molecule has 4 heteroatoms. The minimum Gasteiger partial charge on any atom is -0.455 e. The van der Waals surface area contributed by atoms with Crippen LogP contribution in [0.4, 0.5) is 0 Å². The summed E-state index contributed by atoms with van der Waals surface area (Å²) in [5, 5.41) is 4.83. The van der Waals surface area contributed by atoms with Crippen LogP contribution >= 0.6 is 11.6 Å². The lowest BCUT2D eigenvalue weighted by Crippen LogP contribution is -2.01. The predicted octanol–water partition coefficient (Wildman–Crippen LogP) is 3.02. The lowest BCUT2D eigenvalue weighted by molar-refractivity contribution is 0.213. The Labute approximate surface area is 92.3 Å². The van der Waals surface area contributed by atoms with Crippen LogP contribution in [0, 0.1) is 0 Å². The Morgan fingerprint density at radius 2 is 2.27 bits per heavy atom. The maximum Gasteiger partial charge on any atom is 0.154 e. The molecule has 0 saturated carbocycles. The fraction of sp³-hybridized carbons (Fsp3) is 0.182. The highest BCUT2D eigenvalue weighted by molar-refractivity contribution is 6.31. The number of benzene rings is 1. The fourth-order valence-corrected chi connectivity index (χ4v) is 1.55. The van der Waals surface area contributed by atoms with E-state index in [1.54, 1.807) is 0 Å². The standard InChI is InChI=1S/C11H10ClNO2/c1-14-13-9(7-12)11-6-8-4-2-3-5-10(8)15-11/h2-6H,7H2,1H3/b13-9+. The van der Waals surface area contributed by atoms with Crippen LogP contribution in [0.2, 0.25) is 0 Å². The van der Waals surface area contributed by atoms with Gasteiger partial charge in [0.2, 0.25) is 0 Å². The molecule has 2 aromatic rings. The van der Waals surface area contributed by atoms with Crippen molar-refractivity contribution in [1.82, 2.24) is 0 Å². The topological polar surface area (TPSA) is 34.7 Å². The third-order valence-electron chi connectivity index (χ3n) is 2.04. The van der Waals surface area contributed by atoms with Crippen LogP contribution < -0.4 is 0 Å². The molecule has 0 spiro atoms. The largest absolute Gasteiger partial charge is 0.455 e. The molecule has 0 bridgehead atoms. The van der Waals surface area contributed by atoms with Crippen LogP contribution in [0.5, 0.6) is 0 Å². The number of fused-ring (bicyclic) bond motifs is 1.